The largest absolute Gasteiger partial charge is 0.424 e. The molecule has 0 atom stereocenters. The van der Waals surface area contributed by atoms with Crippen LogP contribution < -0.4 is 5.56 Å². The molecule has 0 N–H and O–H groups in total. The van der Waals surface area contributed by atoms with Crippen LogP contribution in [0, 0.1) is 0 Å². The molecule has 4 heteroatoms. The van der Waals surface area contributed by atoms with Crippen molar-refractivity contribution in [2.75, 3.05) is 0 Å². The van der Waals surface area contributed by atoms with Crippen LogP contribution in [0.1, 0.15) is 18.1 Å². The lowest BCUT2D eigenvalue weighted by molar-refractivity contribution is 0.616. The summed E-state index contributed by atoms with van der Waals surface area (Å²) in [6, 6.07) is 45.8. The molecule has 0 aliphatic carbocycles. The van der Waals surface area contributed by atoms with Gasteiger partial charge in [0.2, 0.25) is 0 Å². The Morgan fingerprint density at radius 1 is 0.633 bits per heavy atom. The van der Waals surface area contributed by atoms with Crippen molar-refractivity contribution >= 4 is 71.3 Å². The van der Waals surface area contributed by atoms with Crippen molar-refractivity contribution in [3.05, 3.63) is 180 Å². The van der Waals surface area contributed by atoms with Crippen LogP contribution in [0.5, 0.6) is 0 Å². The zero-order chi connectivity index (χ0) is 33.1. The molecule has 232 valence electrons. The molecule has 0 aliphatic heterocycles. The maximum Gasteiger partial charge on any atom is 0.310 e. The molecule has 0 spiro atoms. The number of allylic oxidation sites excluding steroid dienone is 5. The van der Waals surface area contributed by atoms with E-state index in [9.17, 15) is 4.79 Å². The molecule has 0 radical (unpaired) electrons. The average Bonchev–Trinajstić information content (AvgIpc) is 3.53. The van der Waals surface area contributed by atoms with Gasteiger partial charge in [0.1, 0.15) is 5.58 Å². The smallest absolute Gasteiger partial charge is 0.310 e. The summed E-state index contributed by atoms with van der Waals surface area (Å²) in [6.45, 7) is 6.25. The highest BCUT2D eigenvalue weighted by molar-refractivity contribution is 6.25. The predicted octanol–water partition coefficient (Wildman–Crippen LogP) is 11.4. The van der Waals surface area contributed by atoms with Gasteiger partial charge in [-0.05, 0) is 109 Å². The second-order valence-corrected chi connectivity index (χ2v) is 12.3. The summed E-state index contributed by atoms with van der Waals surface area (Å²) in [5.41, 5.74) is 8.29. The number of rotatable bonds is 5. The molecule has 0 unspecified atom stereocenters. The Balaban J connectivity index is 1.07. The normalized spacial score (nSPS) is 12.6. The molecule has 0 amide bonds. The van der Waals surface area contributed by atoms with Gasteiger partial charge in [-0.1, -0.05) is 122 Å². The topological polar surface area (TPSA) is 47.5 Å². The number of nitrogens with zero attached hydrogens (tertiary/aromatic N) is 2. The maximum atomic E-state index is 13.2. The quantitative estimate of drug-likeness (QED) is 0.140. The summed E-state index contributed by atoms with van der Waals surface area (Å²) >= 11 is 0. The minimum atomic E-state index is -0.133. The fourth-order valence-electron chi connectivity index (χ4n) is 7.16. The maximum absolute atomic E-state index is 13.2. The Bertz CT molecular complexity index is 2890. The van der Waals surface area contributed by atoms with Crippen LogP contribution in [0.3, 0.4) is 0 Å². The third kappa shape index (κ3) is 4.61. The van der Waals surface area contributed by atoms with Crippen molar-refractivity contribution in [3.8, 4) is 11.1 Å². The van der Waals surface area contributed by atoms with Crippen LogP contribution in [0.15, 0.2) is 167 Å². The minimum Gasteiger partial charge on any atom is -0.424 e. The third-order valence-electron chi connectivity index (χ3n) is 9.62. The molecule has 0 bridgehead atoms. The first-order chi connectivity index (χ1) is 24.1. The van der Waals surface area contributed by atoms with Crippen LogP contribution in [0.2, 0.25) is 0 Å². The van der Waals surface area contributed by atoms with Crippen molar-refractivity contribution < 1.29 is 4.42 Å². The lowest BCUT2D eigenvalue weighted by atomic mass is 9.91. The van der Waals surface area contributed by atoms with E-state index in [-0.39, 0.29) is 5.56 Å². The Labute approximate surface area is 282 Å². The van der Waals surface area contributed by atoms with Crippen LogP contribution in [0.25, 0.3) is 82.4 Å². The van der Waals surface area contributed by atoms with E-state index in [0.717, 1.165) is 38.9 Å². The number of fused-ring (bicyclic) bond motifs is 10. The van der Waals surface area contributed by atoms with E-state index in [1.807, 2.05) is 36.4 Å². The molecule has 7 aromatic carbocycles. The van der Waals surface area contributed by atoms with Gasteiger partial charge in [-0.3, -0.25) is 4.79 Å². The van der Waals surface area contributed by atoms with Gasteiger partial charge >= 0.3 is 5.84 Å². The van der Waals surface area contributed by atoms with Gasteiger partial charge in [-0.15, -0.1) is 0 Å². The molecule has 9 rings (SSSR count). The zero-order valence-electron chi connectivity index (χ0n) is 26.9. The van der Waals surface area contributed by atoms with E-state index in [1.165, 1.54) is 32.3 Å². The Hall–Kier alpha value is -6.52. The second kappa shape index (κ2) is 11.3. The lowest BCUT2D eigenvalue weighted by Gasteiger charge is -2.13. The van der Waals surface area contributed by atoms with Crippen molar-refractivity contribution in [1.82, 2.24) is 9.38 Å². The number of imidazole rings is 1. The summed E-state index contributed by atoms with van der Waals surface area (Å²) in [6.07, 6.45) is 6.29. The molecule has 0 saturated carbocycles. The molecule has 9 aromatic rings. The second-order valence-electron chi connectivity index (χ2n) is 12.3. The number of hydrogen-bond acceptors (Lipinski definition) is 3. The number of benzene rings is 7. The molecule has 0 aliphatic rings. The monoisotopic (exact) mass is 630 g/mol. The first-order valence-corrected chi connectivity index (χ1v) is 16.4. The number of para-hydroxylation sites is 1. The van der Waals surface area contributed by atoms with Gasteiger partial charge in [0.15, 0.2) is 0 Å². The summed E-state index contributed by atoms with van der Waals surface area (Å²) in [5, 5.41) is 8.12. The highest BCUT2D eigenvalue weighted by Gasteiger charge is 2.14. The highest BCUT2D eigenvalue weighted by Crippen LogP contribution is 2.37. The average molecular weight is 631 g/mol. The van der Waals surface area contributed by atoms with E-state index in [1.54, 1.807) is 16.5 Å². The van der Waals surface area contributed by atoms with Crippen molar-refractivity contribution in [1.29, 1.82) is 0 Å². The van der Waals surface area contributed by atoms with Gasteiger partial charge in [0.25, 0.3) is 5.56 Å². The predicted molar refractivity (Wildman–Crippen MR) is 205 cm³/mol. The fourth-order valence-corrected chi connectivity index (χ4v) is 7.16. The van der Waals surface area contributed by atoms with Crippen molar-refractivity contribution in [2.24, 2.45) is 0 Å². The van der Waals surface area contributed by atoms with E-state index >= 15 is 0 Å². The van der Waals surface area contributed by atoms with Crippen molar-refractivity contribution in [3.63, 3.8) is 0 Å². The van der Waals surface area contributed by atoms with E-state index in [4.69, 9.17) is 4.42 Å². The first kappa shape index (κ1) is 28.7. The van der Waals surface area contributed by atoms with Crippen LogP contribution in [-0.2, 0) is 0 Å². The van der Waals surface area contributed by atoms with Gasteiger partial charge < -0.3 is 4.42 Å². The third-order valence-corrected chi connectivity index (χ3v) is 9.62. The summed E-state index contributed by atoms with van der Waals surface area (Å²) in [4.78, 5) is 17.9. The molecule has 4 nitrogen and oxygen atoms in total. The van der Waals surface area contributed by atoms with E-state index < -0.39 is 0 Å². The van der Waals surface area contributed by atoms with Crippen LogP contribution in [-0.4, -0.2) is 9.38 Å². The molecule has 49 heavy (non-hydrogen) atoms. The Morgan fingerprint density at radius 3 is 1.90 bits per heavy atom. The first-order valence-electron chi connectivity index (χ1n) is 16.4. The van der Waals surface area contributed by atoms with Crippen LogP contribution >= 0.6 is 0 Å². The molecule has 0 saturated heterocycles. The highest BCUT2D eigenvalue weighted by atomic mass is 16.3. The standard InChI is InChI=1S/C45H30N2O2/c1-3-28(25-29(4-2)32-21-23-38-36-13-6-5-11-34(36)35-12-7-8-14-37(35)40(38)26-32)30-17-19-31(20-18-30)33-22-24-42-41(27-33)46-45-47(42)44(48)39-15-9-10-16-43(39)49-45/h3-27H,1H2,2H3/b28-25+,29-4+. The van der Waals surface area contributed by atoms with Gasteiger partial charge in [0, 0.05) is 0 Å². The Kier molecular flexibility index (Phi) is 6.63. The minimum absolute atomic E-state index is 0.133. The molecular formula is C45H30N2O2. The molecule has 2 aromatic heterocycles. The fraction of sp³-hybridized carbons (Fsp3) is 0.0222. The number of aromatic nitrogens is 2. The molecule has 2 heterocycles. The Morgan fingerprint density at radius 2 is 1.22 bits per heavy atom. The van der Waals surface area contributed by atoms with Crippen molar-refractivity contribution in [2.45, 2.75) is 6.92 Å². The van der Waals surface area contributed by atoms with Gasteiger partial charge in [-0.25, -0.2) is 4.40 Å². The lowest BCUT2D eigenvalue weighted by Crippen LogP contribution is -2.12. The van der Waals surface area contributed by atoms with Gasteiger partial charge in [0.05, 0.1) is 16.4 Å². The summed E-state index contributed by atoms with van der Waals surface area (Å²) in [5.74, 6) is 0.291. The van der Waals surface area contributed by atoms with E-state index in [2.05, 4.69) is 122 Å². The molecular weight excluding hydrogens is 601 g/mol. The van der Waals surface area contributed by atoms with Gasteiger partial charge in [-0.2, -0.15) is 4.98 Å². The van der Waals surface area contributed by atoms with E-state index in [0.29, 0.717) is 22.3 Å². The summed E-state index contributed by atoms with van der Waals surface area (Å²) in [7, 11) is 0. The molecule has 0 fully saturated rings. The zero-order valence-corrected chi connectivity index (χ0v) is 26.9. The number of hydrogen-bond donors (Lipinski definition) is 0. The summed E-state index contributed by atoms with van der Waals surface area (Å²) < 4.78 is 7.52. The van der Waals surface area contributed by atoms with Crippen LogP contribution in [0.4, 0.5) is 0 Å². The SMILES string of the molecule is C=C/C(=C\C(=C/C)c1ccc2c3ccccc3c3ccccc3c2c1)c1ccc(-c2ccc3c(c2)nc2oc4ccccc4c(=O)n23)cc1.